The molecule has 17 heavy (non-hydrogen) atoms. The summed E-state index contributed by atoms with van der Waals surface area (Å²) in [4.78, 5) is 0. The highest BCUT2D eigenvalue weighted by Gasteiger charge is 2.41. The normalized spacial score (nSPS) is 17.0. The van der Waals surface area contributed by atoms with Crippen LogP contribution in [-0.4, -0.2) is 22.9 Å². The summed E-state index contributed by atoms with van der Waals surface area (Å²) < 4.78 is 19.0. The molecule has 1 aliphatic carbocycles. The lowest BCUT2D eigenvalue weighted by Gasteiger charge is -2.18. The largest absolute Gasteiger partial charge is 0.504 e. The van der Waals surface area contributed by atoms with Gasteiger partial charge < -0.3 is 14.9 Å². The van der Waals surface area contributed by atoms with E-state index in [4.69, 9.17) is 4.74 Å². The van der Waals surface area contributed by atoms with Crippen LogP contribution in [0.2, 0.25) is 0 Å². The Balaban J connectivity index is 2.53. The lowest BCUT2D eigenvalue weighted by atomic mass is 9.96. The van der Waals surface area contributed by atoms with Gasteiger partial charge in [-0.2, -0.15) is 0 Å². The monoisotopic (exact) mass is 240 g/mol. The van der Waals surface area contributed by atoms with Crippen molar-refractivity contribution in [2.75, 3.05) is 7.11 Å². The van der Waals surface area contributed by atoms with E-state index in [1.54, 1.807) is 13.8 Å². The first-order valence-electron chi connectivity index (χ1n) is 5.66. The summed E-state index contributed by atoms with van der Waals surface area (Å²) in [7, 11) is 1.40. The molecule has 2 rings (SSSR count). The number of benzene rings is 1. The molecule has 0 saturated heterocycles. The van der Waals surface area contributed by atoms with Crippen LogP contribution in [0.25, 0.3) is 0 Å². The Morgan fingerprint density at radius 2 is 1.88 bits per heavy atom. The van der Waals surface area contributed by atoms with Gasteiger partial charge in [-0.1, -0.05) is 0 Å². The number of methoxy groups -OCH3 is 1. The fraction of sp³-hybridized carbons (Fsp3) is 0.538. The molecule has 0 aromatic heterocycles. The van der Waals surface area contributed by atoms with E-state index in [2.05, 4.69) is 0 Å². The smallest absolute Gasteiger partial charge is 0.166 e. The average molecular weight is 240 g/mol. The highest BCUT2D eigenvalue weighted by molar-refractivity contribution is 5.55. The molecule has 1 aromatic carbocycles. The Hall–Kier alpha value is -1.29. The standard InChI is InChI=1S/C13H17FO3/c1-7-9(6-13(16)4-5-13)11(15)12(17-3)8(2)10(7)14/h15-16H,4-6H2,1-3H3. The SMILES string of the molecule is COc1c(C)c(F)c(C)c(CC2(O)CC2)c1O. The Morgan fingerprint density at radius 1 is 1.29 bits per heavy atom. The summed E-state index contributed by atoms with van der Waals surface area (Å²) >= 11 is 0. The first-order chi connectivity index (χ1) is 7.89. The van der Waals surface area contributed by atoms with Crippen LogP contribution in [-0.2, 0) is 6.42 Å². The summed E-state index contributed by atoms with van der Waals surface area (Å²) in [6.07, 6.45) is 1.67. The van der Waals surface area contributed by atoms with Crippen LogP contribution in [0.4, 0.5) is 4.39 Å². The molecule has 0 radical (unpaired) electrons. The molecule has 1 aromatic rings. The highest BCUT2D eigenvalue weighted by Crippen LogP contribution is 2.44. The maximum atomic E-state index is 13.9. The van der Waals surface area contributed by atoms with Gasteiger partial charge in [-0.25, -0.2) is 4.39 Å². The fourth-order valence-corrected chi connectivity index (χ4v) is 2.12. The first kappa shape index (κ1) is 12.2. The number of phenolic OH excluding ortho intramolecular Hbond substituents is 1. The number of aromatic hydroxyl groups is 1. The van der Waals surface area contributed by atoms with E-state index in [1.807, 2.05) is 0 Å². The van der Waals surface area contributed by atoms with Gasteiger partial charge in [-0.3, -0.25) is 0 Å². The number of halogens is 1. The van der Waals surface area contributed by atoms with E-state index >= 15 is 0 Å². The van der Waals surface area contributed by atoms with Gasteiger partial charge in [0, 0.05) is 17.5 Å². The van der Waals surface area contributed by atoms with E-state index in [1.165, 1.54) is 7.11 Å². The summed E-state index contributed by atoms with van der Waals surface area (Å²) in [5.41, 5.74) is 0.370. The van der Waals surface area contributed by atoms with E-state index in [0.29, 0.717) is 29.5 Å². The molecule has 0 amide bonds. The van der Waals surface area contributed by atoms with Crippen molar-refractivity contribution in [3.8, 4) is 11.5 Å². The molecule has 0 bridgehead atoms. The number of ether oxygens (including phenoxy) is 1. The molecular weight excluding hydrogens is 223 g/mol. The predicted octanol–water partition coefficient (Wildman–Crippen LogP) is 2.22. The second-order valence-corrected chi connectivity index (χ2v) is 4.83. The van der Waals surface area contributed by atoms with Crippen LogP contribution in [0.5, 0.6) is 11.5 Å². The molecule has 0 heterocycles. The summed E-state index contributed by atoms with van der Waals surface area (Å²) in [6, 6.07) is 0. The van der Waals surface area contributed by atoms with E-state index in [9.17, 15) is 14.6 Å². The Bertz CT molecular complexity index is 464. The lowest BCUT2D eigenvalue weighted by molar-refractivity contribution is 0.149. The number of hydrogen-bond acceptors (Lipinski definition) is 3. The molecule has 2 N–H and O–H groups in total. The second kappa shape index (κ2) is 3.88. The maximum absolute atomic E-state index is 13.9. The van der Waals surface area contributed by atoms with Gasteiger partial charge in [0.15, 0.2) is 11.5 Å². The molecule has 0 unspecified atom stereocenters. The first-order valence-corrected chi connectivity index (χ1v) is 5.66. The third-order valence-corrected chi connectivity index (χ3v) is 3.49. The van der Waals surface area contributed by atoms with Crippen molar-refractivity contribution in [1.82, 2.24) is 0 Å². The number of aliphatic hydroxyl groups is 1. The van der Waals surface area contributed by atoms with Gasteiger partial charge in [0.05, 0.1) is 12.7 Å². The van der Waals surface area contributed by atoms with Crippen molar-refractivity contribution in [3.05, 3.63) is 22.5 Å². The fourth-order valence-electron chi connectivity index (χ4n) is 2.12. The van der Waals surface area contributed by atoms with Crippen molar-refractivity contribution in [3.63, 3.8) is 0 Å². The predicted molar refractivity (Wildman–Crippen MR) is 62.0 cm³/mol. The van der Waals surface area contributed by atoms with Crippen LogP contribution < -0.4 is 4.74 Å². The molecule has 0 aliphatic heterocycles. The average Bonchev–Trinajstić information content (AvgIpc) is 3.01. The Morgan fingerprint density at radius 3 is 2.35 bits per heavy atom. The van der Waals surface area contributed by atoms with Crippen molar-refractivity contribution in [1.29, 1.82) is 0 Å². The van der Waals surface area contributed by atoms with Gasteiger partial charge in [0.1, 0.15) is 5.82 Å². The zero-order valence-electron chi connectivity index (χ0n) is 10.3. The van der Waals surface area contributed by atoms with Crippen LogP contribution in [0.1, 0.15) is 29.5 Å². The van der Waals surface area contributed by atoms with Crippen molar-refractivity contribution < 1.29 is 19.3 Å². The van der Waals surface area contributed by atoms with Gasteiger partial charge in [0.25, 0.3) is 0 Å². The van der Waals surface area contributed by atoms with Crippen molar-refractivity contribution >= 4 is 0 Å². The van der Waals surface area contributed by atoms with Crippen molar-refractivity contribution in [2.45, 2.75) is 38.7 Å². The maximum Gasteiger partial charge on any atom is 0.166 e. The molecular formula is C13H17FO3. The third kappa shape index (κ3) is 1.97. The van der Waals surface area contributed by atoms with Gasteiger partial charge >= 0.3 is 0 Å². The molecule has 4 heteroatoms. The van der Waals surface area contributed by atoms with E-state index < -0.39 is 5.60 Å². The van der Waals surface area contributed by atoms with Crippen LogP contribution in [0.15, 0.2) is 0 Å². The molecule has 1 fully saturated rings. The molecule has 0 atom stereocenters. The minimum absolute atomic E-state index is 0.0516. The van der Waals surface area contributed by atoms with Gasteiger partial charge in [0.2, 0.25) is 0 Å². The summed E-state index contributed by atoms with van der Waals surface area (Å²) in [5.74, 6) is -0.268. The zero-order chi connectivity index (χ0) is 12.8. The molecule has 1 aliphatic rings. The molecule has 1 saturated carbocycles. The quantitative estimate of drug-likeness (QED) is 0.851. The van der Waals surface area contributed by atoms with Crippen LogP contribution >= 0.6 is 0 Å². The topological polar surface area (TPSA) is 49.7 Å². The van der Waals surface area contributed by atoms with Crippen molar-refractivity contribution in [2.24, 2.45) is 0 Å². The van der Waals surface area contributed by atoms with Crippen LogP contribution in [0, 0.1) is 19.7 Å². The van der Waals surface area contributed by atoms with E-state index in [0.717, 1.165) is 0 Å². The Kier molecular flexibility index (Phi) is 2.78. The molecule has 0 spiro atoms. The molecule has 3 nitrogen and oxygen atoms in total. The number of hydrogen-bond donors (Lipinski definition) is 2. The lowest BCUT2D eigenvalue weighted by Crippen LogP contribution is -2.13. The minimum Gasteiger partial charge on any atom is -0.504 e. The second-order valence-electron chi connectivity index (χ2n) is 4.83. The van der Waals surface area contributed by atoms with Gasteiger partial charge in [-0.05, 0) is 32.3 Å². The zero-order valence-corrected chi connectivity index (χ0v) is 10.3. The Labute approximate surface area is 99.8 Å². The summed E-state index contributed by atoms with van der Waals surface area (Å²) in [6.45, 7) is 3.18. The third-order valence-electron chi connectivity index (χ3n) is 3.49. The summed E-state index contributed by atoms with van der Waals surface area (Å²) in [5, 5.41) is 19.9. The van der Waals surface area contributed by atoms with E-state index in [-0.39, 0.29) is 23.7 Å². The molecule has 94 valence electrons. The minimum atomic E-state index is -0.769. The number of phenols is 1. The highest BCUT2D eigenvalue weighted by atomic mass is 19.1. The van der Waals surface area contributed by atoms with Gasteiger partial charge in [-0.15, -0.1) is 0 Å². The van der Waals surface area contributed by atoms with Crippen LogP contribution in [0.3, 0.4) is 0 Å². The number of rotatable bonds is 3.